The number of benzene rings is 1. The zero-order valence-corrected chi connectivity index (χ0v) is 23.7. The molecular formula is C29H37N3O8. The highest BCUT2D eigenvalue weighted by atomic mass is 16.5. The van der Waals surface area contributed by atoms with Crippen LogP contribution in [0.15, 0.2) is 23.8 Å². The van der Waals surface area contributed by atoms with Crippen LogP contribution in [-0.2, 0) is 19.1 Å². The number of amides is 1. The highest BCUT2D eigenvalue weighted by Gasteiger charge is 2.47. The minimum atomic E-state index is -0.936. The number of aliphatic hydroxyl groups excluding tert-OH is 1. The van der Waals surface area contributed by atoms with Crippen molar-refractivity contribution in [2.75, 3.05) is 60.2 Å². The molecule has 1 aromatic heterocycles. The second kappa shape index (κ2) is 12.6. The van der Waals surface area contributed by atoms with Gasteiger partial charge in [-0.25, -0.2) is 4.79 Å². The largest absolute Gasteiger partial charge is 0.507 e. The van der Waals surface area contributed by atoms with Gasteiger partial charge in [0.1, 0.15) is 23.0 Å². The number of morpholine rings is 1. The second-order valence-corrected chi connectivity index (χ2v) is 9.75. The van der Waals surface area contributed by atoms with Gasteiger partial charge in [0.2, 0.25) is 0 Å². The summed E-state index contributed by atoms with van der Waals surface area (Å²) in [4.78, 5) is 46.3. The zero-order chi connectivity index (χ0) is 29.0. The van der Waals surface area contributed by atoms with Crippen molar-refractivity contribution >= 4 is 23.4 Å². The number of nitrogens with one attached hydrogen (secondary N) is 1. The number of ketones is 1. The van der Waals surface area contributed by atoms with Crippen LogP contribution in [0.2, 0.25) is 0 Å². The van der Waals surface area contributed by atoms with E-state index in [1.165, 1.54) is 19.1 Å². The number of likely N-dealkylation sites (tertiary alicyclic amines) is 1. The standard InChI is InChI=1S/C29H37N3O8/c1-6-40-29(36)24-17(2)22(18(3)30-24)26(33)23-25(20-16-19(37-4)8-9-21(20)38-5)32(28(35)27(23)34)11-7-10-31-12-14-39-15-13-31/h8-9,16,25,30,33H,6-7,10-15H2,1-5H3/b26-23+/t25-/m0/s1. The first-order chi connectivity index (χ1) is 19.2. The van der Waals surface area contributed by atoms with E-state index in [0.29, 0.717) is 48.0 Å². The number of aromatic nitrogens is 1. The topological polar surface area (TPSA) is 131 Å². The molecule has 1 aromatic carbocycles. The van der Waals surface area contributed by atoms with Crippen LogP contribution in [0.25, 0.3) is 5.76 Å². The predicted molar refractivity (Wildman–Crippen MR) is 147 cm³/mol. The summed E-state index contributed by atoms with van der Waals surface area (Å²) in [7, 11) is 3.02. The molecule has 0 radical (unpaired) electrons. The maximum Gasteiger partial charge on any atom is 0.355 e. The molecule has 0 aliphatic carbocycles. The summed E-state index contributed by atoms with van der Waals surface area (Å²) < 4.78 is 21.6. The van der Waals surface area contributed by atoms with Gasteiger partial charge in [0.15, 0.2) is 0 Å². The average molecular weight is 556 g/mol. The first kappa shape index (κ1) is 29.2. The van der Waals surface area contributed by atoms with Gasteiger partial charge in [0, 0.05) is 43.0 Å². The summed E-state index contributed by atoms with van der Waals surface area (Å²) in [6, 6.07) is 4.19. The lowest BCUT2D eigenvalue weighted by Gasteiger charge is -2.29. The third kappa shape index (κ3) is 5.57. The summed E-state index contributed by atoms with van der Waals surface area (Å²) in [6.07, 6.45) is 0.616. The summed E-state index contributed by atoms with van der Waals surface area (Å²) in [6.45, 7) is 9.17. The molecular weight excluding hydrogens is 518 g/mol. The number of hydrogen-bond acceptors (Lipinski definition) is 9. The van der Waals surface area contributed by atoms with Crippen molar-refractivity contribution in [1.29, 1.82) is 0 Å². The molecule has 11 heteroatoms. The van der Waals surface area contributed by atoms with Crippen LogP contribution in [0.4, 0.5) is 0 Å². The van der Waals surface area contributed by atoms with Gasteiger partial charge >= 0.3 is 5.97 Å². The van der Waals surface area contributed by atoms with Crippen molar-refractivity contribution in [3.05, 3.63) is 51.9 Å². The Morgan fingerprint density at radius 3 is 2.50 bits per heavy atom. The zero-order valence-electron chi connectivity index (χ0n) is 23.7. The number of esters is 1. The minimum absolute atomic E-state index is 0.0801. The fourth-order valence-electron chi connectivity index (χ4n) is 5.42. The molecule has 2 saturated heterocycles. The predicted octanol–water partition coefficient (Wildman–Crippen LogP) is 2.97. The summed E-state index contributed by atoms with van der Waals surface area (Å²) in [5.41, 5.74) is 1.77. The van der Waals surface area contributed by atoms with Gasteiger partial charge in [-0.2, -0.15) is 0 Å². The van der Waals surface area contributed by atoms with E-state index in [0.717, 1.165) is 19.6 Å². The molecule has 0 unspecified atom stereocenters. The van der Waals surface area contributed by atoms with Crippen LogP contribution >= 0.6 is 0 Å². The Morgan fingerprint density at radius 1 is 1.12 bits per heavy atom. The van der Waals surface area contributed by atoms with E-state index in [4.69, 9.17) is 18.9 Å². The number of aryl methyl sites for hydroxylation is 1. The van der Waals surface area contributed by atoms with Gasteiger partial charge in [-0.05, 0) is 51.0 Å². The molecule has 1 atom stereocenters. The Morgan fingerprint density at radius 2 is 1.85 bits per heavy atom. The van der Waals surface area contributed by atoms with E-state index in [1.807, 2.05) is 0 Å². The Kier molecular flexibility index (Phi) is 9.16. The number of methoxy groups -OCH3 is 2. The Hall–Kier alpha value is -3.83. The Labute approximate surface area is 233 Å². The van der Waals surface area contributed by atoms with Gasteiger partial charge in [-0.1, -0.05) is 0 Å². The van der Waals surface area contributed by atoms with Gasteiger partial charge in [0.25, 0.3) is 11.7 Å². The number of ether oxygens (including phenoxy) is 4. The number of aliphatic hydroxyl groups is 1. The maximum absolute atomic E-state index is 13.6. The number of H-pyrrole nitrogens is 1. The second-order valence-electron chi connectivity index (χ2n) is 9.75. The van der Waals surface area contributed by atoms with Crippen molar-refractivity contribution < 1.29 is 38.4 Å². The van der Waals surface area contributed by atoms with Crippen LogP contribution in [0.5, 0.6) is 11.5 Å². The van der Waals surface area contributed by atoms with E-state index >= 15 is 0 Å². The lowest BCUT2D eigenvalue weighted by Crippen LogP contribution is -2.39. The van der Waals surface area contributed by atoms with Crippen LogP contribution < -0.4 is 9.47 Å². The summed E-state index contributed by atoms with van der Waals surface area (Å²) in [5.74, 6) is -1.52. The van der Waals surface area contributed by atoms with Gasteiger partial charge in [-0.15, -0.1) is 0 Å². The number of carbonyl (C=O) groups is 3. The van der Waals surface area contributed by atoms with E-state index in [9.17, 15) is 19.5 Å². The molecule has 0 saturated carbocycles. The third-order valence-corrected chi connectivity index (χ3v) is 7.40. The van der Waals surface area contributed by atoms with Crippen molar-refractivity contribution in [1.82, 2.24) is 14.8 Å². The van der Waals surface area contributed by atoms with E-state index < -0.39 is 23.7 Å². The monoisotopic (exact) mass is 555 g/mol. The molecule has 1 amide bonds. The third-order valence-electron chi connectivity index (χ3n) is 7.40. The van der Waals surface area contributed by atoms with Crippen LogP contribution in [-0.4, -0.2) is 97.8 Å². The fourth-order valence-corrected chi connectivity index (χ4v) is 5.42. The molecule has 0 bridgehead atoms. The van der Waals surface area contributed by atoms with E-state index in [1.54, 1.807) is 39.0 Å². The Balaban J connectivity index is 1.82. The molecule has 2 fully saturated rings. The molecule has 2 aliphatic rings. The van der Waals surface area contributed by atoms with Crippen molar-refractivity contribution in [2.45, 2.75) is 33.2 Å². The number of carbonyl (C=O) groups excluding carboxylic acids is 3. The molecule has 11 nitrogen and oxygen atoms in total. The normalized spacial score (nSPS) is 19.2. The molecule has 4 rings (SSSR count). The van der Waals surface area contributed by atoms with Gasteiger partial charge in [-0.3, -0.25) is 14.5 Å². The molecule has 216 valence electrons. The van der Waals surface area contributed by atoms with Crippen molar-refractivity contribution in [3.63, 3.8) is 0 Å². The molecule has 2 N–H and O–H groups in total. The van der Waals surface area contributed by atoms with Crippen LogP contribution in [0.1, 0.15) is 52.3 Å². The molecule has 2 aromatic rings. The molecule has 2 aliphatic heterocycles. The van der Waals surface area contributed by atoms with Gasteiger partial charge in [0.05, 0.1) is 45.7 Å². The SMILES string of the molecule is CCOC(=O)c1[nH]c(C)c(/C(O)=C2\C(=O)C(=O)N(CCCN3CCOCC3)[C@H]2c2cc(OC)ccc2OC)c1C. The summed E-state index contributed by atoms with van der Waals surface area (Å²) in [5, 5.41) is 11.7. The number of Topliss-reactive ketones (excluding diaryl/α,β-unsaturated/α-hetero) is 1. The first-order valence-electron chi connectivity index (χ1n) is 13.4. The highest BCUT2D eigenvalue weighted by Crippen LogP contribution is 2.44. The molecule has 0 spiro atoms. The quantitative estimate of drug-likeness (QED) is 0.197. The number of hydrogen-bond donors (Lipinski definition) is 2. The number of nitrogens with zero attached hydrogens (tertiary/aromatic N) is 2. The Bertz CT molecular complexity index is 1310. The first-order valence-corrected chi connectivity index (χ1v) is 13.4. The van der Waals surface area contributed by atoms with E-state index in [2.05, 4.69) is 9.88 Å². The van der Waals surface area contributed by atoms with Gasteiger partial charge < -0.3 is 33.9 Å². The fraction of sp³-hybridized carbons (Fsp3) is 0.483. The average Bonchev–Trinajstić information content (AvgIpc) is 3.40. The highest BCUT2D eigenvalue weighted by molar-refractivity contribution is 6.46. The smallest absolute Gasteiger partial charge is 0.355 e. The van der Waals surface area contributed by atoms with Crippen LogP contribution in [0, 0.1) is 13.8 Å². The van der Waals surface area contributed by atoms with Crippen LogP contribution in [0.3, 0.4) is 0 Å². The maximum atomic E-state index is 13.6. The number of aromatic amines is 1. The lowest BCUT2D eigenvalue weighted by molar-refractivity contribution is -0.140. The summed E-state index contributed by atoms with van der Waals surface area (Å²) >= 11 is 0. The molecule has 40 heavy (non-hydrogen) atoms. The number of rotatable bonds is 10. The van der Waals surface area contributed by atoms with Crippen molar-refractivity contribution in [3.8, 4) is 11.5 Å². The van der Waals surface area contributed by atoms with Crippen molar-refractivity contribution in [2.24, 2.45) is 0 Å². The molecule has 3 heterocycles. The van der Waals surface area contributed by atoms with E-state index in [-0.39, 0.29) is 35.7 Å². The minimum Gasteiger partial charge on any atom is -0.507 e. The lowest BCUT2D eigenvalue weighted by atomic mass is 9.93.